The molecule has 2 N–H and O–H groups in total. The molecule has 0 bridgehead atoms. The highest BCUT2D eigenvalue weighted by molar-refractivity contribution is 6.35. The predicted octanol–water partition coefficient (Wildman–Crippen LogP) is 2.79. The van der Waals surface area contributed by atoms with Crippen LogP contribution in [-0.4, -0.2) is 28.2 Å². The van der Waals surface area contributed by atoms with Gasteiger partial charge in [0.25, 0.3) is 5.91 Å². The molecule has 106 valence electrons. The van der Waals surface area contributed by atoms with Crippen molar-refractivity contribution in [3.05, 3.63) is 39.5 Å². The maximum absolute atomic E-state index is 12.2. The van der Waals surface area contributed by atoms with Crippen LogP contribution in [0.1, 0.15) is 29.0 Å². The largest absolute Gasteiger partial charge is 0.379 e. The number of anilines is 1. The average Bonchev–Trinajstić information content (AvgIpc) is 2.82. The minimum atomic E-state index is -0.401. The number of amides is 1. The number of halogens is 2. The highest BCUT2D eigenvalue weighted by atomic mass is 35.5. The first-order chi connectivity index (χ1) is 9.41. The SMILES string of the molecule is CC(c1ccc(Cl)cc1Cl)N(C)C(=O)c1nonc1N. The Hall–Kier alpha value is -1.79. The molecule has 1 atom stereocenters. The molecule has 1 amide bonds. The number of rotatable bonds is 3. The smallest absolute Gasteiger partial charge is 0.280 e. The summed E-state index contributed by atoms with van der Waals surface area (Å²) in [6, 6.07) is 4.82. The van der Waals surface area contributed by atoms with Gasteiger partial charge in [-0.25, -0.2) is 4.63 Å². The quantitative estimate of drug-likeness (QED) is 0.941. The first-order valence-corrected chi connectivity index (χ1v) is 6.47. The molecule has 2 rings (SSSR count). The molecule has 0 aliphatic rings. The number of nitrogens with zero attached hydrogens (tertiary/aromatic N) is 3. The van der Waals surface area contributed by atoms with Crippen LogP contribution in [0.2, 0.25) is 10.0 Å². The molecular weight excluding hydrogens is 303 g/mol. The standard InChI is InChI=1S/C12H12Cl2N4O2/c1-6(8-4-3-7(13)5-9(8)14)18(2)12(19)10-11(15)17-20-16-10/h3-6H,1-2H3,(H2,15,17). The average molecular weight is 315 g/mol. The van der Waals surface area contributed by atoms with Gasteiger partial charge in [0.2, 0.25) is 11.5 Å². The minimum Gasteiger partial charge on any atom is -0.379 e. The molecule has 20 heavy (non-hydrogen) atoms. The van der Waals surface area contributed by atoms with Crippen molar-refractivity contribution in [1.82, 2.24) is 15.2 Å². The van der Waals surface area contributed by atoms with E-state index in [4.69, 9.17) is 28.9 Å². The summed E-state index contributed by atoms with van der Waals surface area (Å²) in [4.78, 5) is 13.7. The molecular formula is C12H12Cl2N4O2. The van der Waals surface area contributed by atoms with E-state index in [1.54, 1.807) is 25.2 Å². The van der Waals surface area contributed by atoms with Crippen molar-refractivity contribution in [3.8, 4) is 0 Å². The molecule has 0 saturated heterocycles. The topological polar surface area (TPSA) is 85.2 Å². The van der Waals surface area contributed by atoms with Crippen LogP contribution >= 0.6 is 23.2 Å². The number of carbonyl (C=O) groups is 1. The van der Waals surface area contributed by atoms with Crippen LogP contribution in [0, 0.1) is 0 Å². The van der Waals surface area contributed by atoms with E-state index in [2.05, 4.69) is 14.9 Å². The maximum atomic E-state index is 12.2. The maximum Gasteiger partial charge on any atom is 0.280 e. The molecule has 0 saturated carbocycles. The number of aromatic nitrogens is 2. The van der Waals surface area contributed by atoms with Gasteiger partial charge >= 0.3 is 0 Å². The molecule has 6 nitrogen and oxygen atoms in total. The molecule has 0 radical (unpaired) electrons. The molecule has 0 fully saturated rings. The van der Waals surface area contributed by atoms with Crippen LogP contribution in [0.5, 0.6) is 0 Å². The number of nitrogens with two attached hydrogens (primary N) is 1. The van der Waals surface area contributed by atoms with Gasteiger partial charge in [0.1, 0.15) is 0 Å². The number of hydrogen-bond donors (Lipinski definition) is 1. The van der Waals surface area contributed by atoms with Crippen LogP contribution in [-0.2, 0) is 0 Å². The summed E-state index contributed by atoms with van der Waals surface area (Å²) in [6.07, 6.45) is 0. The van der Waals surface area contributed by atoms with Crippen molar-refractivity contribution in [1.29, 1.82) is 0 Å². The van der Waals surface area contributed by atoms with Crippen LogP contribution in [0.15, 0.2) is 22.8 Å². The summed E-state index contributed by atoms with van der Waals surface area (Å²) in [5.74, 6) is -0.446. The third-order valence-electron chi connectivity index (χ3n) is 3.03. The van der Waals surface area contributed by atoms with Crippen molar-refractivity contribution < 1.29 is 9.42 Å². The minimum absolute atomic E-state index is 0.0237. The van der Waals surface area contributed by atoms with E-state index < -0.39 is 5.91 Å². The highest BCUT2D eigenvalue weighted by Gasteiger charge is 2.25. The predicted molar refractivity (Wildman–Crippen MR) is 75.7 cm³/mol. The summed E-state index contributed by atoms with van der Waals surface area (Å²) in [7, 11) is 1.62. The van der Waals surface area contributed by atoms with Crippen LogP contribution in [0.4, 0.5) is 5.82 Å². The van der Waals surface area contributed by atoms with E-state index >= 15 is 0 Å². The summed E-state index contributed by atoms with van der Waals surface area (Å²) < 4.78 is 4.43. The highest BCUT2D eigenvalue weighted by Crippen LogP contribution is 2.29. The lowest BCUT2D eigenvalue weighted by Gasteiger charge is -2.25. The Labute approximate surface area is 125 Å². The number of benzene rings is 1. The summed E-state index contributed by atoms with van der Waals surface area (Å²) in [6.45, 7) is 1.83. The molecule has 0 aliphatic carbocycles. The van der Waals surface area contributed by atoms with Crippen molar-refractivity contribution in [2.75, 3.05) is 12.8 Å². The van der Waals surface area contributed by atoms with E-state index in [9.17, 15) is 4.79 Å². The Kier molecular flexibility index (Phi) is 4.15. The van der Waals surface area contributed by atoms with E-state index in [-0.39, 0.29) is 17.6 Å². The molecule has 2 aromatic rings. The van der Waals surface area contributed by atoms with Crippen LogP contribution in [0.3, 0.4) is 0 Å². The summed E-state index contributed by atoms with van der Waals surface area (Å²) >= 11 is 12.0. The molecule has 1 aromatic heterocycles. The van der Waals surface area contributed by atoms with Gasteiger partial charge in [-0.15, -0.1) is 0 Å². The van der Waals surface area contributed by atoms with E-state index in [1.165, 1.54) is 4.90 Å². The zero-order valence-electron chi connectivity index (χ0n) is 10.8. The number of carbonyl (C=O) groups excluding carboxylic acids is 1. The Bertz CT molecular complexity index is 644. The Morgan fingerprint density at radius 1 is 1.40 bits per heavy atom. The number of hydrogen-bond acceptors (Lipinski definition) is 5. The second-order valence-corrected chi connectivity index (χ2v) is 5.10. The molecule has 0 aliphatic heterocycles. The van der Waals surface area contributed by atoms with Crippen LogP contribution < -0.4 is 5.73 Å². The zero-order valence-corrected chi connectivity index (χ0v) is 12.3. The third-order valence-corrected chi connectivity index (χ3v) is 3.59. The van der Waals surface area contributed by atoms with Gasteiger partial charge in [-0.2, -0.15) is 0 Å². The zero-order chi connectivity index (χ0) is 14.9. The van der Waals surface area contributed by atoms with Gasteiger partial charge in [0.15, 0.2) is 0 Å². The third kappa shape index (κ3) is 2.71. The van der Waals surface area contributed by atoms with Crippen molar-refractivity contribution in [2.24, 2.45) is 0 Å². The first-order valence-electron chi connectivity index (χ1n) is 5.72. The van der Waals surface area contributed by atoms with Crippen molar-refractivity contribution in [2.45, 2.75) is 13.0 Å². The van der Waals surface area contributed by atoms with E-state index in [0.29, 0.717) is 10.0 Å². The van der Waals surface area contributed by atoms with Gasteiger partial charge in [0, 0.05) is 17.1 Å². The van der Waals surface area contributed by atoms with E-state index in [0.717, 1.165) is 5.56 Å². The molecule has 1 unspecified atom stereocenters. The lowest BCUT2D eigenvalue weighted by molar-refractivity contribution is 0.0732. The molecule has 8 heteroatoms. The Balaban J connectivity index is 2.26. The van der Waals surface area contributed by atoms with Gasteiger partial charge in [-0.3, -0.25) is 4.79 Å². The fourth-order valence-electron chi connectivity index (χ4n) is 1.74. The second kappa shape index (κ2) is 5.68. The monoisotopic (exact) mass is 314 g/mol. The molecule has 0 spiro atoms. The van der Waals surface area contributed by atoms with Crippen molar-refractivity contribution >= 4 is 34.9 Å². The summed E-state index contributed by atoms with van der Waals surface area (Å²) in [5.41, 5.74) is 6.25. The fraction of sp³-hybridized carbons (Fsp3) is 0.250. The van der Waals surface area contributed by atoms with E-state index in [1.807, 2.05) is 6.92 Å². The Morgan fingerprint density at radius 2 is 2.10 bits per heavy atom. The van der Waals surface area contributed by atoms with Crippen LogP contribution in [0.25, 0.3) is 0 Å². The molecule has 1 aromatic carbocycles. The van der Waals surface area contributed by atoms with Gasteiger partial charge in [-0.1, -0.05) is 29.3 Å². The normalized spacial score (nSPS) is 12.2. The fourth-order valence-corrected chi connectivity index (χ4v) is 2.30. The van der Waals surface area contributed by atoms with Gasteiger partial charge < -0.3 is 10.6 Å². The molecule has 1 heterocycles. The van der Waals surface area contributed by atoms with Gasteiger partial charge in [0.05, 0.1) is 6.04 Å². The second-order valence-electron chi connectivity index (χ2n) is 4.26. The van der Waals surface area contributed by atoms with Gasteiger partial charge in [-0.05, 0) is 34.9 Å². The Morgan fingerprint density at radius 3 is 2.65 bits per heavy atom. The lowest BCUT2D eigenvalue weighted by Crippen LogP contribution is -2.30. The number of nitrogen functional groups attached to an aromatic ring is 1. The van der Waals surface area contributed by atoms with Crippen molar-refractivity contribution in [3.63, 3.8) is 0 Å². The summed E-state index contributed by atoms with van der Waals surface area (Å²) in [5, 5.41) is 7.89. The lowest BCUT2D eigenvalue weighted by atomic mass is 10.1. The first kappa shape index (κ1) is 14.6.